The number of rotatable bonds is 10. The van der Waals surface area contributed by atoms with Crippen molar-refractivity contribution in [3.8, 4) is 11.5 Å². The van der Waals surface area contributed by atoms with Gasteiger partial charge in [-0.25, -0.2) is 0 Å². The molecule has 0 radical (unpaired) electrons. The molecule has 1 aromatic carbocycles. The van der Waals surface area contributed by atoms with E-state index in [9.17, 15) is 19.7 Å². The Morgan fingerprint density at radius 3 is 2.74 bits per heavy atom. The lowest BCUT2D eigenvalue weighted by Crippen LogP contribution is -2.35. The van der Waals surface area contributed by atoms with Gasteiger partial charge in [0.2, 0.25) is 13.3 Å². The molecule has 1 aromatic rings. The summed E-state index contributed by atoms with van der Waals surface area (Å²) in [6.07, 6.45) is 4.17. The van der Waals surface area contributed by atoms with Crippen LogP contribution in [0.25, 0.3) is 0 Å². The fourth-order valence-electron chi connectivity index (χ4n) is 3.01. The first-order valence-electron chi connectivity index (χ1n) is 8.79. The number of ketones is 1. The number of nitrogens with zero attached hydrogens (tertiary/aromatic N) is 1. The standard InChI is InChI=1S/C19H23NO7/c1-3-5-6-7-15(21)18(19(22)25-4-2)14(11-20(23)24)13-8-9-16-17(10-13)27-12-26-16/h3,5,8-10,14,18H,4,6-7,11-12H2,1-2H3/b5-3+. The Kier molecular flexibility index (Phi) is 7.34. The van der Waals surface area contributed by atoms with E-state index in [4.69, 9.17) is 14.2 Å². The maximum absolute atomic E-state index is 12.8. The van der Waals surface area contributed by atoms with Crippen LogP contribution in [-0.2, 0) is 14.3 Å². The van der Waals surface area contributed by atoms with Crippen molar-refractivity contribution in [3.05, 3.63) is 46.0 Å². The van der Waals surface area contributed by atoms with Crippen molar-refractivity contribution in [1.29, 1.82) is 0 Å². The normalized spacial score (nSPS) is 14.7. The maximum atomic E-state index is 12.8. The zero-order valence-corrected chi connectivity index (χ0v) is 15.4. The van der Waals surface area contributed by atoms with E-state index in [2.05, 4.69) is 0 Å². The number of fused-ring (bicyclic) bond motifs is 1. The van der Waals surface area contributed by atoms with Crippen molar-refractivity contribution in [2.45, 2.75) is 32.6 Å². The summed E-state index contributed by atoms with van der Waals surface area (Å²) in [4.78, 5) is 36.0. The zero-order chi connectivity index (χ0) is 19.8. The summed E-state index contributed by atoms with van der Waals surface area (Å²) in [5.41, 5.74) is 0.466. The van der Waals surface area contributed by atoms with Gasteiger partial charge < -0.3 is 14.2 Å². The average molecular weight is 377 g/mol. The molecule has 146 valence electrons. The second kappa shape index (κ2) is 9.70. The topological polar surface area (TPSA) is 105 Å². The van der Waals surface area contributed by atoms with Crippen LogP contribution >= 0.6 is 0 Å². The molecule has 8 nitrogen and oxygen atoms in total. The molecule has 0 saturated carbocycles. The molecule has 8 heteroatoms. The molecule has 1 heterocycles. The van der Waals surface area contributed by atoms with E-state index in [0.717, 1.165) is 0 Å². The van der Waals surface area contributed by atoms with Crippen LogP contribution in [-0.4, -0.2) is 36.6 Å². The highest BCUT2D eigenvalue weighted by molar-refractivity contribution is 6.00. The minimum absolute atomic E-state index is 0.0578. The molecule has 27 heavy (non-hydrogen) atoms. The number of esters is 1. The molecule has 0 spiro atoms. The van der Waals surface area contributed by atoms with E-state index >= 15 is 0 Å². The fraction of sp³-hybridized carbons (Fsp3) is 0.474. The number of nitro groups is 1. The highest BCUT2D eigenvalue weighted by atomic mass is 16.7. The second-order valence-corrected chi connectivity index (χ2v) is 6.04. The van der Waals surface area contributed by atoms with Gasteiger partial charge in [0.1, 0.15) is 11.7 Å². The van der Waals surface area contributed by atoms with Crippen molar-refractivity contribution in [2.24, 2.45) is 5.92 Å². The molecular formula is C19H23NO7. The predicted octanol–water partition coefficient (Wildman–Crippen LogP) is 2.88. The van der Waals surface area contributed by atoms with Gasteiger partial charge in [-0.05, 0) is 38.0 Å². The van der Waals surface area contributed by atoms with E-state index < -0.39 is 29.3 Å². The Morgan fingerprint density at radius 1 is 1.33 bits per heavy atom. The van der Waals surface area contributed by atoms with Gasteiger partial charge in [-0.15, -0.1) is 0 Å². The van der Waals surface area contributed by atoms with Crippen molar-refractivity contribution in [3.63, 3.8) is 0 Å². The molecule has 0 fully saturated rings. The van der Waals surface area contributed by atoms with Gasteiger partial charge in [0.25, 0.3) is 0 Å². The summed E-state index contributed by atoms with van der Waals surface area (Å²) < 4.78 is 15.6. The van der Waals surface area contributed by atoms with E-state index in [1.54, 1.807) is 31.2 Å². The molecule has 0 aliphatic carbocycles. The molecule has 0 bridgehead atoms. The maximum Gasteiger partial charge on any atom is 0.317 e. The van der Waals surface area contributed by atoms with Gasteiger partial charge in [0.15, 0.2) is 11.5 Å². The first-order valence-corrected chi connectivity index (χ1v) is 8.79. The molecule has 0 saturated heterocycles. The van der Waals surface area contributed by atoms with Gasteiger partial charge in [0.05, 0.1) is 12.5 Å². The summed E-state index contributed by atoms with van der Waals surface area (Å²) in [5.74, 6) is -2.37. The number of hydrogen-bond acceptors (Lipinski definition) is 7. The molecule has 1 aliphatic rings. The van der Waals surface area contributed by atoms with E-state index in [1.165, 1.54) is 0 Å². The minimum Gasteiger partial charge on any atom is -0.465 e. The number of ether oxygens (including phenoxy) is 3. The highest BCUT2D eigenvalue weighted by Crippen LogP contribution is 2.37. The van der Waals surface area contributed by atoms with Gasteiger partial charge in [-0.2, -0.15) is 0 Å². The molecule has 0 amide bonds. The molecule has 0 N–H and O–H groups in total. The Balaban J connectivity index is 2.38. The molecule has 1 aliphatic heterocycles. The summed E-state index contributed by atoms with van der Waals surface area (Å²) in [5, 5.41) is 11.3. The Morgan fingerprint density at radius 2 is 2.07 bits per heavy atom. The summed E-state index contributed by atoms with van der Waals surface area (Å²) in [6, 6.07) is 4.83. The number of allylic oxidation sites excluding steroid dienone is 2. The van der Waals surface area contributed by atoms with Crippen LogP contribution in [0.15, 0.2) is 30.4 Å². The first-order chi connectivity index (χ1) is 13.0. The van der Waals surface area contributed by atoms with Crippen LogP contribution < -0.4 is 9.47 Å². The highest BCUT2D eigenvalue weighted by Gasteiger charge is 2.40. The van der Waals surface area contributed by atoms with Crippen LogP contribution in [0.2, 0.25) is 0 Å². The number of carbonyl (C=O) groups excluding carboxylic acids is 2. The quantitative estimate of drug-likeness (QED) is 0.203. The van der Waals surface area contributed by atoms with E-state index in [1.807, 2.05) is 13.0 Å². The number of carbonyl (C=O) groups is 2. The van der Waals surface area contributed by atoms with Crippen LogP contribution in [0.4, 0.5) is 0 Å². The average Bonchev–Trinajstić information content (AvgIpc) is 3.09. The lowest BCUT2D eigenvalue weighted by atomic mass is 9.81. The van der Waals surface area contributed by atoms with Crippen molar-refractivity contribution in [2.75, 3.05) is 19.9 Å². The predicted molar refractivity (Wildman–Crippen MR) is 96.3 cm³/mol. The summed E-state index contributed by atoms with van der Waals surface area (Å²) in [7, 11) is 0. The van der Waals surface area contributed by atoms with Crippen LogP contribution in [0.3, 0.4) is 0 Å². The van der Waals surface area contributed by atoms with Gasteiger partial charge in [-0.1, -0.05) is 18.2 Å². The fourth-order valence-corrected chi connectivity index (χ4v) is 3.01. The molecule has 2 unspecified atom stereocenters. The third kappa shape index (κ3) is 5.29. The number of Topliss-reactive ketones (excluding diaryl/α,β-unsaturated/α-hetero) is 1. The first kappa shape index (κ1) is 20.4. The molecule has 2 rings (SSSR count). The third-order valence-electron chi connectivity index (χ3n) is 4.25. The largest absolute Gasteiger partial charge is 0.465 e. The summed E-state index contributed by atoms with van der Waals surface area (Å²) >= 11 is 0. The third-order valence-corrected chi connectivity index (χ3v) is 4.25. The summed E-state index contributed by atoms with van der Waals surface area (Å²) in [6.45, 7) is 3.03. The van der Waals surface area contributed by atoms with Crippen LogP contribution in [0, 0.1) is 16.0 Å². The van der Waals surface area contributed by atoms with Gasteiger partial charge >= 0.3 is 5.97 Å². The number of benzene rings is 1. The van der Waals surface area contributed by atoms with E-state index in [0.29, 0.717) is 23.5 Å². The zero-order valence-electron chi connectivity index (χ0n) is 15.4. The lowest BCUT2D eigenvalue weighted by Gasteiger charge is -2.22. The molecule has 0 aromatic heterocycles. The Labute approximate surface area is 157 Å². The van der Waals surface area contributed by atoms with Gasteiger partial charge in [0, 0.05) is 11.3 Å². The SMILES string of the molecule is C/C=C/CCC(=O)C(C(=O)OCC)C(C[N+](=O)[O-])c1ccc2c(c1)OCO2. The molecule has 2 atom stereocenters. The van der Waals surface area contributed by atoms with E-state index in [-0.39, 0.29) is 25.6 Å². The van der Waals surface area contributed by atoms with Crippen molar-refractivity contribution < 1.29 is 28.7 Å². The van der Waals surface area contributed by atoms with Gasteiger partial charge in [-0.3, -0.25) is 19.7 Å². The minimum atomic E-state index is -1.25. The van der Waals surface area contributed by atoms with Crippen molar-refractivity contribution in [1.82, 2.24) is 0 Å². The van der Waals surface area contributed by atoms with Crippen molar-refractivity contribution >= 4 is 11.8 Å². The van der Waals surface area contributed by atoms with Crippen LogP contribution in [0.5, 0.6) is 11.5 Å². The lowest BCUT2D eigenvalue weighted by molar-refractivity contribution is -0.484. The second-order valence-electron chi connectivity index (χ2n) is 6.04. The Bertz CT molecular complexity index is 729. The van der Waals surface area contributed by atoms with Crippen LogP contribution in [0.1, 0.15) is 38.2 Å². The number of hydrogen-bond donors (Lipinski definition) is 0. The monoisotopic (exact) mass is 377 g/mol. The smallest absolute Gasteiger partial charge is 0.317 e. The Hall–Kier alpha value is -2.90. The molecular weight excluding hydrogens is 354 g/mol.